The number of methoxy groups -OCH3 is 1. The lowest BCUT2D eigenvalue weighted by atomic mass is 10.1. The monoisotopic (exact) mass is 414 g/mol. The minimum Gasteiger partial charge on any atom is -0.383 e. The van der Waals surface area contributed by atoms with Crippen molar-refractivity contribution in [3.05, 3.63) is 39.2 Å². The Hall–Kier alpha value is -2.70. The third kappa shape index (κ3) is 4.49. The first-order valence-corrected chi connectivity index (χ1v) is 10.0. The number of hydrogen-bond acceptors (Lipinski definition) is 5. The van der Waals surface area contributed by atoms with Crippen LogP contribution in [0, 0.1) is 29.9 Å². The summed E-state index contributed by atoms with van der Waals surface area (Å²) in [5.74, 6) is 0.244. The minimum atomic E-state index is -0.432. The molecule has 9 heteroatoms. The number of ether oxygens (including phenoxy) is 1. The van der Waals surface area contributed by atoms with Crippen LogP contribution in [-0.4, -0.2) is 39.0 Å². The molecule has 1 fully saturated rings. The van der Waals surface area contributed by atoms with E-state index < -0.39 is 5.91 Å². The molecule has 1 amide bonds. The maximum absolute atomic E-state index is 12.6. The van der Waals surface area contributed by atoms with Gasteiger partial charge in [0.25, 0.3) is 5.91 Å². The van der Waals surface area contributed by atoms with Gasteiger partial charge in [-0.2, -0.15) is 10.4 Å². The van der Waals surface area contributed by atoms with Crippen molar-refractivity contribution in [3.8, 4) is 6.07 Å². The highest BCUT2D eigenvalue weighted by molar-refractivity contribution is 7.71. The van der Waals surface area contributed by atoms with Crippen LogP contribution in [0.25, 0.3) is 6.08 Å². The van der Waals surface area contributed by atoms with Crippen LogP contribution < -0.4 is 5.32 Å². The molecule has 1 saturated carbocycles. The Bertz CT molecular complexity index is 1030. The van der Waals surface area contributed by atoms with Crippen LogP contribution in [0.3, 0.4) is 0 Å². The third-order valence-corrected chi connectivity index (χ3v) is 5.42. The van der Waals surface area contributed by atoms with Gasteiger partial charge in [-0.3, -0.25) is 14.5 Å². The number of nitrogens with zero attached hydrogens (tertiary/aromatic N) is 4. The fraction of sp³-hybridized carbons (Fsp3) is 0.500. The maximum Gasteiger partial charge on any atom is 0.262 e. The fourth-order valence-corrected chi connectivity index (χ4v) is 3.97. The Balaban J connectivity index is 1.76. The van der Waals surface area contributed by atoms with E-state index in [0.717, 1.165) is 29.8 Å². The first kappa shape index (κ1) is 21.0. The Labute approximate surface area is 175 Å². The molecule has 2 N–H and O–H groups in total. The topological polar surface area (TPSA) is 101 Å². The van der Waals surface area contributed by atoms with Crippen LogP contribution in [0.1, 0.15) is 54.6 Å². The third-order valence-electron chi connectivity index (χ3n) is 5.13. The van der Waals surface area contributed by atoms with E-state index in [0.29, 0.717) is 23.2 Å². The smallest absolute Gasteiger partial charge is 0.262 e. The van der Waals surface area contributed by atoms with Crippen molar-refractivity contribution in [1.29, 1.82) is 5.26 Å². The van der Waals surface area contributed by atoms with Crippen molar-refractivity contribution in [3.63, 3.8) is 0 Å². The van der Waals surface area contributed by atoms with Crippen molar-refractivity contribution in [2.75, 3.05) is 13.7 Å². The molecule has 8 nitrogen and oxygen atoms in total. The molecule has 2 heterocycles. The normalized spacial score (nSPS) is 15.2. The van der Waals surface area contributed by atoms with Gasteiger partial charge in [0, 0.05) is 24.5 Å². The zero-order valence-electron chi connectivity index (χ0n) is 17.2. The molecule has 3 rings (SSSR count). The molecule has 0 saturated heterocycles. The predicted molar refractivity (Wildman–Crippen MR) is 112 cm³/mol. The number of nitrogens with one attached hydrogen (secondary N) is 2. The number of rotatable bonds is 8. The van der Waals surface area contributed by atoms with E-state index in [-0.39, 0.29) is 18.2 Å². The summed E-state index contributed by atoms with van der Waals surface area (Å²) in [6.45, 7) is 6.85. The molecular weight excluding hydrogens is 388 g/mol. The SMILES string of the molecule is COCC(C)n1c(C)cc(/C=C(/C#N)C(=O)NCc2n[nH]c(=S)n2C2CC2)c1C. The summed E-state index contributed by atoms with van der Waals surface area (Å²) in [6, 6.07) is 4.51. The summed E-state index contributed by atoms with van der Waals surface area (Å²) in [5.41, 5.74) is 2.94. The van der Waals surface area contributed by atoms with Crippen LogP contribution in [-0.2, 0) is 16.1 Å². The highest BCUT2D eigenvalue weighted by atomic mass is 32.1. The van der Waals surface area contributed by atoms with Gasteiger partial charge in [-0.25, -0.2) is 0 Å². The maximum atomic E-state index is 12.6. The van der Waals surface area contributed by atoms with Gasteiger partial charge in [-0.15, -0.1) is 0 Å². The van der Waals surface area contributed by atoms with E-state index in [9.17, 15) is 10.1 Å². The quantitative estimate of drug-likeness (QED) is 0.393. The van der Waals surface area contributed by atoms with Gasteiger partial charge in [-0.05, 0) is 63.5 Å². The van der Waals surface area contributed by atoms with E-state index in [2.05, 4.69) is 27.0 Å². The molecule has 2 aromatic rings. The molecule has 0 radical (unpaired) electrons. The molecule has 1 aliphatic rings. The number of aromatic amines is 1. The number of amides is 1. The van der Waals surface area contributed by atoms with E-state index >= 15 is 0 Å². The van der Waals surface area contributed by atoms with Gasteiger partial charge in [0.15, 0.2) is 10.6 Å². The highest BCUT2D eigenvalue weighted by Crippen LogP contribution is 2.35. The van der Waals surface area contributed by atoms with Gasteiger partial charge in [0.2, 0.25) is 0 Å². The second-order valence-corrected chi connectivity index (χ2v) is 7.79. The molecule has 154 valence electrons. The van der Waals surface area contributed by atoms with Crippen molar-refractivity contribution < 1.29 is 9.53 Å². The average Bonchev–Trinajstić information content (AvgIpc) is 3.39. The summed E-state index contributed by atoms with van der Waals surface area (Å²) in [6.07, 6.45) is 3.76. The molecule has 1 aliphatic carbocycles. The van der Waals surface area contributed by atoms with Gasteiger partial charge >= 0.3 is 0 Å². The molecule has 2 aromatic heterocycles. The first-order chi connectivity index (χ1) is 13.9. The number of nitriles is 1. The Morgan fingerprint density at radius 2 is 2.28 bits per heavy atom. The van der Waals surface area contributed by atoms with E-state index in [1.54, 1.807) is 13.2 Å². The number of aryl methyl sites for hydroxylation is 1. The van der Waals surface area contributed by atoms with E-state index in [1.807, 2.05) is 30.6 Å². The molecule has 1 atom stereocenters. The van der Waals surface area contributed by atoms with Crippen molar-refractivity contribution in [2.45, 2.75) is 52.2 Å². The number of carbonyl (C=O) groups is 1. The Kier molecular flexibility index (Phi) is 6.35. The Morgan fingerprint density at radius 1 is 1.55 bits per heavy atom. The molecule has 0 aromatic carbocycles. The van der Waals surface area contributed by atoms with Crippen LogP contribution in [0.2, 0.25) is 0 Å². The molecule has 0 aliphatic heterocycles. The first-order valence-electron chi connectivity index (χ1n) is 9.60. The summed E-state index contributed by atoms with van der Waals surface area (Å²) in [4.78, 5) is 12.6. The van der Waals surface area contributed by atoms with Gasteiger partial charge in [0.1, 0.15) is 11.6 Å². The summed E-state index contributed by atoms with van der Waals surface area (Å²) >= 11 is 5.26. The second-order valence-electron chi connectivity index (χ2n) is 7.40. The van der Waals surface area contributed by atoms with Crippen molar-refractivity contribution >= 4 is 24.2 Å². The lowest BCUT2D eigenvalue weighted by Crippen LogP contribution is -2.25. The lowest BCUT2D eigenvalue weighted by molar-refractivity contribution is -0.117. The van der Waals surface area contributed by atoms with E-state index in [4.69, 9.17) is 17.0 Å². The number of H-pyrrole nitrogens is 1. The van der Waals surface area contributed by atoms with Gasteiger partial charge in [0.05, 0.1) is 19.2 Å². The zero-order chi connectivity index (χ0) is 21.1. The highest BCUT2D eigenvalue weighted by Gasteiger charge is 2.27. The molecular formula is C20H26N6O2S. The molecule has 29 heavy (non-hydrogen) atoms. The van der Waals surface area contributed by atoms with E-state index in [1.165, 1.54) is 0 Å². The standard InChI is InChI=1S/C20H26N6O2S/c1-12-7-15(14(3)25(12)13(2)11-28-4)8-16(9-21)19(27)22-10-18-23-24-20(29)26(18)17-5-6-17/h7-8,13,17H,5-6,10-11H2,1-4H3,(H,22,27)(H,24,29)/b16-8-. The minimum absolute atomic E-state index is 0.0525. The summed E-state index contributed by atoms with van der Waals surface area (Å²) in [5, 5.41) is 19.3. The number of carbonyl (C=O) groups excluding carboxylic acids is 1. The zero-order valence-corrected chi connectivity index (χ0v) is 18.0. The summed E-state index contributed by atoms with van der Waals surface area (Å²) in [7, 11) is 1.67. The van der Waals surface area contributed by atoms with Gasteiger partial charge in [-0.1, -0.05) is 0 Å². The predicted octanol–water partition coefficient (Wildman–Crippen LogP) is 3.12. The molecule has 0 bridgehead atoms. The number of aromatic nitrogens is 4. The van der Waals surface area contributed by atoms with Crippen LogP contribution >= 0.6 is 12.2 Å². The Morgan fingerprint density at radius 3 is 2.90 bits per heavy atom. The van der Waals surface area contributed by atoms with Crippen LogP contribution in [0.5, 0.6) is 0 Å². The van der Waals surface area contributed by atoms with Crippen molar-refractivity contribution in [1.82, 2.24) is 24.6 Å². The van der Waals surface area contributed by atoms with Crippen LogP contribution in [0.4, 0.5) is 0 Å². The summed E-state index contributed by atoms with van der Waals surface area (Å²) < 4.78 is 9.90. The van der Waals surface area contributed by atoms with Crippen LogP contribution in [0.15, 0.2) is 11.6 Å². The largest absolute Gasteiger partial charge is 0.383 e. The molecule has 0 spiro atoms. The second kappa shape index (κ2) is 8.76. The van der Waals surface area contributed by atoms with Crippen molar-refractivity contribution in [2.24, 2.45) is 0 Å². The molecule has 1 unspecified atom stereocenters. The fourth-order valence-electron chi connectivity index (χ4n) is 3.67. The van der Waals surface area contributed by atoms with Gasteiger partial charge < -0.3 is 14.6 Å². The number of hydrogen-bond donors (Lipinski definition) is 2. The average molecular weight is 415 g/mol. The lowest BCUT2D eigenvalue weighted by Gasteiger charge is -2.17.